The van der Waals surface area contributed by atoms with Crippen LogP contribution < -0.4 is 0 Å². The molecule has 0 bridgehead atoms. The largest absolute Gasteiger partial charge is 0.437 e. The van der Waals surface area contributed by atoms with Gasteiger partial charge in [-0.1, -0.05) is 30.3 Å². The molecule has 0 aliphatic rings. The number of halogens is 2. The van der Waals surface area contributed by atoms with Gasteiger partial charge in [0.25, 0.3) is 0 Å². The quantitative estimate of drug-likeness (QED) is 0.321. The molecule has 142 valence electrons. The first-order valence-corrected chi connectivity index (χ1v) is 9.23. The van der Waals surface area contributed by atoms with E-state index in [1.807, 2.05) is 30.3 Å². The van der Waals surface area contributed by atoms with Crippen LogP contribution in [0.15, 0.2) is 65.1 Å². The Morgan fingerprint density at radius 1 is 0.759 bits per heavy atom. The molecular formula is C24H16F2N2O. The van der Waals surface area contributed by atoms with Crippen molar-refractivity contribution in [1.82, 2.24) is 9.97 Å². The lowest BCUT2D eigenvalue weighted by Gasteiger charge is -2.08. The lowest BCUT2D eigenvalue weighted by molar-refractivity contribution is 0.553. The van der Waals surface area contributed by atoms with E-state index in [1.165, 1.54) is 6.07 Å². The van der Waals surface area contributed by atoms with Crippen molar-refractivity contribution >= 4 is 22.1 Å². The molecule has 0 aliphatic carbocycles. The van der Waals surface area contributed by atoms with Gasteiger partial charge >= 0.3 is 0 Å². The molecule has 3 nitrogen and oxygen atoms in total. The summed E-state index contributed by atoms with van der Waals surface area (Å²) in [7, 11) is 0. The molecule has 0 aliphatic heterocycles. The Bertz CT molecular complexity index is 1360. The Balaban J connectivity index is 1.76. The highest BCUT2D eigenvalue weighted by Gasteiger charge is 2.16. The van der Waals surface area contributed by atoms with Crippen LogP contribution in [0.5, 0.6) is 0 Å². The number of aromatic nitrogens is 2. The Hall–Kier alpha value is -3.60. The summed E-state index contributed by atoms with van der Waals surface area (Å²) < 4.78 is 33.4. The van der Waals surface area contributed by atoms with Crippen LogP contribution in [0.2, 0.25) is 0 Å². The van der Waals surface area contributed by atoms with Crippen molar-refractivity contribution in [3.63, 3.8) is 0 Å². The van der Waals surface area contributed by atoms with Gasteiger partial charge in [-0.05, 0) is 43.2 Å². The molecule has 0 saturated carbocycles. The van der Waals surface area contributed by atoms with Crippen LogP contribution in [-0.2, 0) is 0 Å². The molecule has 5 rings (SSSR count). The third-order valence-electron chi connectivity index (χ3n) is 5.14. The van der Waals surface area contributed by atoms with Crippen LogP contribution in [0.1, 0.15) is 11.1 Å². The van der Waals surface area contributed by atoms with E-state index in [9.17, 15) is 8.78 Å². The molecule has 5 heteroatoms. The van der Waals surface area contributed by atoms with E-state index in [2.05, 4.69) is 31.0 Å². The van der Waals surface area contributed by atoms with Gasteiger partial charge in [-0.25, -0.2) is 14.4 Å². The first-order chi connectivity index (χ1) is 14.0. The predicted molar refractivity (Wildman–Crippen MR) is 110 cm³/mol. The molecule has 29 heavy (non-hydrogen) atoms. The monoisotopic (exact) mass is 386 g/mol. The Labute approximate surface area is 165 Å². The van der Waals surface area contributed by atoms with Crippen molar-refractivity contribution in [2.45, 2.75) is 13.8 Å². The highest BCUT2D eigenvalue weighted by Crippen LogP contribution is 2.36. The summed E-state index contributed by atoms with van der Waals surface area (Å²) in [6.45, 7) is 4.10. The summed E-state index contributed by atoms with van der Waals surface area (Å²) in [4.78, 5) is 8.56. The zero-order chi connectivity index (χ0) is 20.1. The van der Waals surface area contributed by atoms with Crippen LogP contribution in [0.3, 0.4) is 0 Å². The van der Waals surface area contributed by atoms with Gasteiger partial charge in [-0.3, -0.25) is 0 Å². The predicted octanol–water partition coefficient (Wildman–Crippen LogP) is 6.61. The number of aryl methyl sites for hydroxylation is 2. The molecular weight excluding hydrogens is 370 g/mol. The van der Waals surface area contributed by atoms with Gasteiger partial charge in [0, 0.05) is 34.0 Å². The molecule has 2 aromatic carbocycles. The summed E-state index contributed by atoms with van der Waals surface area (Å²) in [5.74, 6) is -1.56. The van der Waals surface area contributed by atoms with E-state index in [-0.39, 0.29) is 5.69 Å². The third-order valence-corrected chi connectivity index (χ3v) is 5.14. The fourth-order valence-electron chi connectivity index (χ4n) is 3.84. The minimum atomic E-state index is -0.872. The number of hydrogen-bond acceptors (Lipinski definition) is 3. The van der Waals surface area contributed by atoms with Gasteiger partial charge < -0.3 is 4.42 Å². The van der Waals surface area contributed by atoms with Crippen molar-refractivity contribution in [3.05, 3.63) is 83.6 Å². The second kappa shape index (κ2) is 6.48. The number of hydrogen-bond donors (Lipinski definition) is 0. The van der Waals surface area contributed by atoms with E-state index < -0.39 is 11.8 Å². The first-order valence-electron chi connectivity index (χ1n) is 9.23. The maximum absolute atomic E-state index is 13.7. The maximum Gasteiger partial charge on any atom is 0.227 e. The normalized spacial score (nSPS) is 11.4. The standard InChI is InChI=1S/C24H16F2N2O/c1-13-5-3-6-14(2)22(13)19-10-9-17-16-7-4-8-18(23(16)29-24(17)28-19)20-11-15(25)12-21(26)27-20/h3-12H,1-2H3. The zero-order valence-corrected chi connectivity index (χ0v) is 15.8. The molecule has 0 radical (unpaired) electrons. The van der Waals surface area contributed by atoms with Crippen molar-refractivity contribution in [2.24, 2.45) is 0 Å². The molecule has 3 heterocycles. The molecule has 0 unspecified atom stereocenters. The SMILES string of the molecule is Cc1cccc(C)c1-c1ccc2c(n1)oc1c(-c3cc(F)cc(F)n3)cccc12. The average molecular weight is 386 g/mol. The average Bonchev–Trinajstić information content (AvgIpc) is 3.05. The summed E-state index contributed by atoms with van der Waals surface area (Å²) in [6.07, 6.45) is 0. The minimum Gasteiger partial charge on any atom is -0.437 e. The Morgan fingerprint density at radius 3 is 2.28 bits per heavy atom. The van der Waals surface area contributed by atoms with Gasteiger partial charge in [0.2, 0.25) is 11.7 Å². The lowest BCUT2D eigenvalue weighted by Crippen LogP contribution is -1.90. The van der Waals surface area contributed by atoms with Crippen LogP contribution in [-0.4, -0.2) is 9.97 Å². The van der Waals surface area contributed by atoms with E-state index in [0.717, 1.165) is 39.2 Å². The highest BCUT2D eigenvalue weighted by molar-refractivity contribution is 6.08. The molecule has 0 atom stereocenters. The van der Waals surface area contributed by atoms with Gasteiger partial charge in [0.1, 0.15) is 11.4 Å². The van der Waals surface area contributed by atoms with Crippen molar-refractivity contribution in [2.75, 3.05) is 0 Å². The molecule has 0 spiro atoms. The smallest absolute Gasteiger partial charge is 0.227 e. The summed E-state index contributed by atoms with van der Waals surface area (Å²) >= 11 is 0. The van der Waals surface area contributed by atoms with E-state index >= 15 is 0 Å². The lowest BCUT2D eigenvalue weighted by atomic mass is 9.99. The number of furan rings is 1. The number of pyridine rings is 2. The van der Waals surface area contributed by atoms with Gasteiger partial charge in [-0.15, -0.1) is 0 Å². The summed E-state index contributed by atoms with van der Waals surface area (Å²) in [5.41, 5.74) is 5.85. The summed E-state index contributed by atoms with van der Waals surface area (Å²) in [6, 6.07) is 17.5. The fourth-order valence-corrected chi connectivity index (χ4v) is 3.84. The van der Waals surface area contributed by atoms with E-state index in [0.29, 0.717) is 16.9 Å². The maximum atomic E-state index is 13.7. The molecule has 0 saturated heterocycles. The molecule has 5 aromatic rings. The van der Waals surface area contributed by atoms with E-state index in [4.69, 9.17) is 9.40 Å². The molecule has 3 aromatic heterocycles. The Morgan fingerprint density at radius 2 is 1.52 bits per heavy atom. The number of benzene rings is 2. The molecule has 0 N–H and O–H groups in total. The molecule has 0 amide bonds. The topological polar surface area (TPSA) is 38.9 Å². The number of para-hydroxylation sites is 1. The van der Waals surface area contributed by atoms with Crippen molar-refractivity contribution in [3.8, 4) is 22.5 Å². The second-order valence-corrected chi connectivity index (χ2v) is 7.09. The van der Waals surface area contributed by atoms with Gasteiger partial charge in [0.15, 0.2) is 0 Å². The number of rotatable bonds is 2. The fraction of sp³-hybridized carbons (Fsp3) is 0.0833. The van der Waals surface area contributed by atoms with Gasteiger partial charge in [-0.2, -0.15) is 4.39 Å². The van der Waals surface area contributed by atoms with E-state index in [1.54, 1.807) is 6.07 Å². The highest BCUT2D eigenvalue weighted by atomic mass is 19.1. The van der Waals surface area contributed by atoms with Crippen molar-refractivity contribution < 1.29 is 13.2 Å². The van der Waals surface area contributed by atoms with Crippen LogP contribution in [0, 0.1) is 25.6 Å². The van der Waals surface area contributed by atoms with Crippen molar-refractivity contribution in [1.29, 1.82) is 0 Å². The Kier molecular flexibility index (Phi) is 3.91. The third kappa shape index (κ3) is 2.86. The van der Waals surface area contributed by atoms with Crippen LogP contribution in [0.4, 0.5) is 8.78 Å². The first kappa shape index (κ1) is 17.5. The zero-order valence-electron chi connectivity index (χ0n) is 15.8. The molecule has 0 fully saturated rings. The summed E-state index contributed by atoms with van der Waals surface area (Å²) in [5, 5.41) is 1.67. The van der Waals surface area contributed by atoms with Crippen LogP contribution in [0.25, 0.3) is 44.6 Å². The van der Waals surface area contributed by atoms with Gasteiger partial charge in [0.05, 0.1) is 11.4 Å². The number of fused-ring (bicyclic) bond motifs is 3. The second-order valence-electron chi connectivity index (χ2n) is 7.09. The number of nitrogens with zero attached hydrogens (tertiary/aromatic N) is 2. The minimum absolute atomic E-state index is 0.183. The van der Waals surface area contributed by atoms with Crippen LogP contribution >= 0.6 is 0 Å².